The van der Waals surface area contributed by atoms with Crippen molar-refractivity contribution < 1.29 is 23.5 Å². The van der Waals surface area contributed by atoms with Crippen LogP contribution in [0.15, 0.2) is 24.3 Å². The SMILES string of the molecule is O=C(O)C1CC=CCC1C(=O)Nc1c(F)cc(F)cc1Cl. The van der Waals surface area contributed by atoms with Crippen LogP contribution in [0.5, 0.6) is 0 Å². The van der Waals surface area contributed by atoms with Gasteiger partial charge in [0.05, 0.1) is 22.5 Å². The molecule has 0 aliphatic heterocycles. The molecule has 4 nitrogen and oxygen atoms in total. The van der Waals surface area contributed by atoms with Gasteiger partial charge in [-0.05, 0) is 18.9 Å². The number of nitrogens with one attached hydrogen (secondary N) is 1. The lowest BCUT2D eigenvalue weighted by Crippen LogP contribution is -2.35. The van der Waals surface area contributed by atoms with Crippen LogP contribution in [0, 0.1) is 23.5 Å². The normalized spacial score (nSPS) is 21.1. The number of aliphatic carboxylic acids is 1. The second-order valence-corrected chi connectivity index (χ2v) is 5.13. The molecule has 2 N–H and O–H groups in total. The van der Waals surface area contributed by atoms with Gasteiger partial charge in [0.1, 0.15) is 5.82 Å². The summed E-state index contributed by atoms with van der Waals surface area (Å²) in [6, 6.07) is 1.46. The predicted molar refractivity (Wildman–Crippen MR) is 73.0 cm³/mol. The number of hydrogen-bond acceptors (Lipinski definition) is 2. The summed E-state index contributed by atoms with van der Waals surface area (Å²) >= 11 is 5.69. The standard InChI is InChI=1S/C14H12ClF2NO3/c15-10-5-7(16)6-11(17)12(10)18-13(19)8-3-1-2-4-9(8)14(20)21/h1-2,5-6,8-9H,3-4H2,(H,18,19)(H,20,21). The summed E-state index contributed by atoms with van der Waals surface area (Å²) in [5.41, 5.74) is -0.346. The Morgan fingerprint density at radius 1 is 1.19 bits per heavy atom. The lowest BCUT2D eigenvalue weighted by atomic mass is 9.82. The number of carbonyl (C=O) groups is 2. The van der Waals surface area contributed by atoms with Crippen molar-refractivity contribution >= 4 is 29.2 Å². The number of carboxylic acids is 1. The van der Waals surface area contributed by atoms with Crippen LogP contribution in [0.25, 0.3) is 0 Å². The fraction of sp³-hybridized carbons (Fsp3) is 0.286. The Morgan fingerprint density at radius 3 is 2.38 bits per heavy atom. The first-order valence-electron chi connectivity index (χ1n) is 6.23. The second kappa shape index (κ2) is 6.22. The number of carboxylic acid groups (broad SMARTS) is 1. The van der Waals surface area contributed by atoms with Gasteiger partial charge in [-0.1, -0.05) is 23.8 Å². The minimum absolute atomic E-state index is 0.229. The Morgan fingerprint density at radius 2 is 1.81 bits per heavy atom. The number of halogens is 3. The number of anilines is 1. The van der Waals surface area contributed by atoms with Crippen LogP contribution in [0.4, 0.5) is 14.5 Å². The molecular formula is C14H12ClF2NO3. The summed E-state index contributed by atoms with van der Waals surface area (Å²) in [7, 11) is 0. The summed E-state index contributed by atoms with van der Waals surface area (Å²) < 4.78 is 26.6. The largest absolute Gasteiger partial charge is 0.481 e. The first kappa shape index (κ1) is 15.4. The quantitative estimate of drug-likeness (QED) is 0.842. The first-order chi connectivity index (χ1) is 9.90. The number of benzene rings is 1. The molecular weight excluding hydrogens is 304 g/mol. The Bertz CT molecular complexity index is 595. The van der Waals surface area contributed by atoms with Crippen LogP contribution in [0.3, 0.4) is 0 Å². The third-order valence-corrected chi connectivity index (χ3v) is 3.64. The fourth-order valence-electron chi connectivity index (χ4n) is 2.25. The van der Waals surface area contributed by atoms with E-state index < -0.39 is 35.3 Å². The van der Waals surface area contributed by atoms with Gasteiger partial charge in [0.25, 0.3) is 0 Å². The highest BCUT2D eigenvalue weighted by molar-refractivity contribution is 6.33. The van der Waals surface area contributed by atoms with Crippen LogP contribution in [-0.2, 0) is 9.59 Å². The molecule has 0 heterocycles. The average molecular weight is 316 g/mol. The van der Waals surface area contributed by atoms with E-state index in [1.807, 2.05) is 0 Å². The smallest absolute Gasteiger partial charge is 0.307 e. The van der Waals surface area contributed by atoms with E-state index in [0.29, 0.717) is 6.07 Å². The Labute approximate surface area is 124 Å². The maximum atomic E-state index is 13.6. The highest BCUT2D eigenvalue weighted by Gasteiger charge is 2.34. The third kappa shape index (κ3) is 3.39. The number of rotatable bonds is 3. The Hall–Kier alpha value is -1.95. The van der Waals surface area contributed by atoms with Gasteiger partial charge in [-0.3, -0.25) is 9.59 Å². The Kier molecular flexibility index (Phi) is 4.57. The van der Waals surface area contributed by atoms with Crippen LogP contribution >= 0.6 is 11.6 Å². The van der Waals surface area contributed by atoms with E-state index in [-0.39, 0.29) is 23.6 Å². The zero-order chi connectivity index (χ0) is 15.6. The third-order valence-electron chi connectivity index (χ3n) is 3.34. The van der Waals surface area contributed by atoms with E-state index >= 15 is 0 Å². The molecule has 1 aromatic rings. The number of hydrogen-bond donors (Lipinski definition) is 2. The minimum Gasteiger partial charge on any atom is -0.481 e. The molecule has 1 aromatic carbocycles. The van der Waals surface area contributed by atoms with Gasteiger partial charge < -0.3 is 10.4 Å². The molecule has 1 amide bonds. The summed E-state index contributed by atoms with van der Waals surface area (Å²) in [6.45, 7) is 0. The molecule has 112 valence electrons. The average Bonchev–Trinajstić information content (AvgIpc) is 2.42. The molecule has 21 heavy (non-hydrogen) atoms. The molecule has 2 atom stereocenters. The monoisotopic (exact) mass is 315 g/mol. The first-order valence-corrected chi connectivity index (χ1v) is 6.61. The van der Waals surface area contributed by atoms with E-state index in [1.165, 1.54) is 0 Å². The van der Waals surface area contributed by atoms with Crippen molar-refractivity contribution in [2.45, 2.75) is 12.8 Å². The van der Waals surface area contributed by atoms with Crippen molar-refractivity contribution in [2.24, 2.45) is 11.8 Å². The molecule has 0 radical (unpaired) electrons. The molecule has 0 aromatic heterocycles. The molecule has 1 aliphatic rings. The van der Waals surface area contributed by atoms with Crippen molar-refractivity contribution in [1.82, 2.24) is 0 Å². The Balaban J connectivity index is 2.21. The van der Waals surface area contributed by atoms with Gasteiger partial charge in [-0.2, -0.15) is 0 Å². The van der Waals surface area contributed by atoms with Crippen molar-refractivity contribution in [3.8, 4) is 0 Å². The molecule has 0 saturated carbocycles. The van der Waals surface area contributed by atoms with Crippen molar-refractivity contribution in [2.75, 3.05) is 5.32 Å². The summed E-state index contributed by atoms with van der Waals surface area (Å²) in [5, 5.41) is 11.1. The molecule has 2 rings (SSSR count). The van der Waals surface area contributed by atoms with Crippen molar-refractivity contribution in [3.05, 3.63) is 40.9 Å². The molecule has 0 fully saturated rings. The maximum Gasteiger partial charge on any atom is 0.307 e. The predicted octanol–water partition coefficient (Wildman–Crippen LogP) is 3.22. The van der Waals surface area contributed by atoms with Crippen molar-refractivity contribution in [3.63, 3.8) is 0 Å². The van der Waals surface area contributed by atoms with Gasteiger partial charge in [0, 0.05) is 6.07 Å². The van der Waals surface area contributed by atoms with E-state index in [9.17, 15) is 18.4 Å². The van der Waals surface area contributed by atoms with Crippen LogP contribution in [0.2, 0.25) is 5.02 Å². The highest BCUT2D eigenvalue weighted by Crippen LogP contribution is 2.30. The maximum absolute atomic E-state index is 13.6. The van der Waals surface area contributed by atoms with E-state index in [2.05, 4.69) is 5.32 Å². The molecule has 0 saturated heterocycles. The zero-order valence-corrected chi connectivity index (χ0v) is 11.5. The molecule has 7 heteroatoms. The van der Waals surface area contributed by atoms with E-state index in [1.54, 1.807) is 12.2 Å². The number of allylic oxidation sites excluding steroid dienone is 2. The topological polar surface area (TPSA) is 66.4 Å². The van der Waals surface area contributed by atoms with Gasteiger partial charge in [0.2, 0.25) is 5.91 Å². The van der Waals surface area contributed by atoms with Gasteiger partial charge >= 0.3 is 5.97 Å². The summed E-state index contributed by atoms with van der Waals surface area (Å²) in [5.74, 6) is -5.32. The van der Waals surface area contributed by atoms with Gasteiger partial charge in [0.15, 0.2) is 5.82 Å². The van der Waals surface area contributed by atoms with Gasteiger partial charge in [-0.15, -0.1) is 0 Å². The number of carbonyl (C=O) groups excluding carboxylic acids is 1. The van der Waals surface area contributed by atoms with E-state index in [0.717, 1.165) is 6.07 Å². The van der Waals surface area contributed by atoms with E-state index in [4.69, 9.17) is 16.7 Å². The van der Waals surface area contributed by atoms with Crippen LogP contribution in [-0.4, -0.2) is 17.0 Å². The van der Waals surface area contributed by atoms with Gasteiger partial charge in [-0.25, -0.2) is 8.78 Å². The fourth-order valence-corrected chi connectivity index (χ4v) is 2.50. The van der Waals surface area contributed by atoms with Crippen LogP contribution < -0.4 is 5.32 Å². The number of amides is 1. The summed E-state index contributed by atoms with van der Waals surface area (Å²) in [4.78, 5) is 23.3. The molecule has 0 bridgehead atoms. The lowest BCUT2D eigenvalue weighted by molar-refractivity contribution is -0.146. The lowest BCUT2D eigenvalue weighted by Gasteiger charge is -2.24. The summed E-state index contributed by atoms with van der Waals surface area (Å²) in [6.07, 6.45) is 3.86. The molecule has 0 spiro atoms. The highest BCUT2D eigenvalue weighted by atomic mass is 35.5. The zero-order valence-electron chi connectivity index (χ0n) is 10.8. The second-order valence-electron chi connectivity index (χ2n) is 4.73. The molecule has 1 aliphatic carbocycles. The van der Waals surface area contributed by atoms with Crippen LogP contribution in [0.1, 0.15) is 12.8 Å². The van der Waals surface area contributed by atoms with Crippen molar-refractivity contribution in [1.29, 1.82) is 0 Å². The minimum atomic E-state index is -1.09. The molecule has 2 unspecified atom stereocenters.